The van der Waals surface area contributed by atoms with E-state index in [0.717, 1.165) is 11.1 Å². The molecule has 94 valence electrons. The second-order valence-corrected chi connectivity index (χ2v) is 4.21. The van der Waals surface area contributed by atoms with Gasteiger partial charge < -0.3 is 4.84 Å². The zero-order valence-corrected chi connectivity index (χ0v) is 10.8. The predicted molar refractivity (Wildman–Crippen MR) is 75.0 cm³/mol. The first-order valence-corrected chi connectivity index (χ1v) is 6.07. The molecule has 0 unspecified atom stereocenters. The van der Waals surface area contributed by atoms with E-state index in [4.69, 9.17) is 21.7 Å². The van der Waals surface area contributed by atoms with Gasteiger partial charge in [-0.3, -0.25) is 0 Å². The van der Waals surface area contributed by atoms with Crippen molar-refractivity contribution in [2.45, 2.75) is 6.61 Å². The Morgan fingerprint density at radius 3 is 2.68 bits per heavy atom. The molecule has 2 aromatic rings. The number of benzene rings is 2. The van der Waals surface area contributed by atoms with Crippen molar-refractivity contribution in [3.63, 3.8) is 0 Å². The van der Waals surface area contributed by atoms with E-state index in [1.165, 1.54) is 0 Å². The topological polar surface area (TPSA) is 45.4 Å². The molecule has 0 saturated heterocycles. The minimum Gasteiger partial charge on any atom is -0.391 e. The molecule has 0 bridgehead atoms. The third-order valence-electron chi connectivity index (χ3n) is 2.53. The Morgan fingerprint density at radius 1 is 1.16 bits per heavy atom. The fourth-order valence-electron chi connectivity index (χ4n) is 1.54. The lowest BCUT2D eigenvalue weighted by Crippen LogP contribution is -1.92. The van der Waals surface area contributed by atoms with E-state index in [0.29, 0.717) is 10.6 Å². The highest BCUT2D eigenvalue weighted by molar-refractivity contribution is 6.33. The van der Waals surface area contributed by atoms with Crippen LogP contribution < -0.4 is 0 Å². The molecule has 0 aliphatic heterocycles. The second kappa shape index (κ2) is 6.58. The number of nitriles is 1. The van der Waals surface area contributed by atoms with Crippen LogP contribution in [0.3, 0.4) is 0 Å². The van der Waals surface area contributed by atoms with Gasteiger partial charge in [-0.1, -0.05) is 53.2 Å². The van der Waals surface area contributed by atoms with Gasteiger partial charge >= 0.3 is 0 Å². The summed E-state index contributed by atoms with van der Waals surface area (Å²) < 4.78 is 0. The van der Waals surface area contributed by atoms with Crippen molar-refractivity contribution in [2.24, 2.45) is 5.16 Å². The molecule has 0 spiro atoms. The molecule has 0 N–H and O–H groups in total. The first kappa shape index (κ1) is 13.1. The molecule has 0 aliphatic carbocycles. The lowest BCUT2D eigenvalue weighted by Gasteiger charge is -2.02. The average molecular weight is 271 g/mol. The van der Waals surface area contributed by atoms with Crippen molar-refractivity contribution < 1.29 is 4.84 Å². The van der Waals surface area contributed by atoms with Crippen LogP contribution in [0.4, 0.5) is 0 Å². The van der Waals surface area contributed by atoms with Crippen molar-refractivity contribution in [3.05, 3.63) is 70.2 Å². The predicted octanol–water partition coefficient (Wildman–Crippen LogP) is 3.76. The monoisotopic (exact) mass is 270 g/mol. The summed E-state index contributed by atoms with van der Waals surface area (Å²) in [5.41, 5.74) is 2.19. The van der Waals surface area contributed by atoms with Crippen LogP contribution in [0.1, 0.15) is 16.7 Å². The molecule has 19 heavy (non-hydrogen) atoms. The van der Waals surface area contributed by atoms with Crippen molar-refractivity contribution in [1.82, 2.24) is 0 Å². The van der Waals surface area contributed by atoms with Gasteiger partial charge in [0, 0.05) is 16.1 Å². The Hall–Kier alpha value is -2.31. The third-order valence-corrected chi connectivity index (χ3v) is 2.87. The van der Waals surface area contributed by atoms with E-state index in [9.17, 15) is 0 Å². The Kier molecular flexibility index (Phi) is 4.54. The summed E-state index contributed by atoms with van der Waals surface area (Å²) in [5, 5.41) is 13.4. The van der Waals surface area contributed by atoms with E-state index in [-0.39, 0.29) is 6.61 Å². The fourth-order valence-corrected chi connectivity index (χ4v) is 1.72. The Bertz CT molecular complexity index is 632. The van der Waals surface area contributed by atoms with Gasteiger partial charge in [0.25, 0.3) is 0 Å². The molecule has 0 amide bonds. The molecule has 0 fully saturated rings. The maximum Gasteiger partial charge on any atom is 0.143 e. The maximum absolute atomic E-state index is 8.93. The van der Waals surface area contributed by atoms with E-state index in [1.54, 1.807) is 18.3 Å². The summed E-state index contributed by atoms with van der Waals surface area (Å²) in [6.45, 7) is 0.255. The molecule has 0 aromatic heterocycles. The minimum atomic E-state index is 0.255. The Morgan fingerprint density at radius 2 is 1.89 bits per heavy atom. The van der Waals surface area contributed by atoms with Crippen LogP contribution in [0.2, 0.25) is 5.02 Å². The third kappa shape index (κ3) is 3.57. The molecule has 0 radical (unpaired) electrons. The van der Waals surface area contributed by atoms with Crippen molar-refractivity contribution in [3.8, 4) is 6.07 Å². The molecular formula is C15H11ClN2O. The van der Waals surface area contributed by atoms with E-state index in [1.807, 2.05) is 36.4 Å². The number of hydrogen-bond donors (Lipinski definition) is 0. The number of halogens is 1. The first-order chi connectivity index (χ1) is 9.31. The van der Waals surface area contributed by atoms with Crippen molar-refractivity contribution in [1.29, 1.82) is 5.26 Å². The average Bonchev–Trinajstić information content (AvgIpc) is 2.45. The lowest BCUT2D eigenvalue weighted by atomic mass is 10.1. The number of oxime groups is 1. The van der Waals surface area contributed by atoms with Crippen LogP contribution in [-0.4, -0.2) is 6.21 Å². The summed E-state index contributed by atoms with van der Waals surface area (Å²) in [6, 6.07) is 16.7. The molecular weight excluding hydrogens is 260 g/mol. The minimum absolute atomic E-state index is 0.255. The van der Waals surface area contributed by atoms with Crippen LogP contribution in [-0.2, 0) is 11.4 Å². The van der Waals surface area contributed by atoms with Gasteiger partial charge in [-0.2, -0.15) is 5.26 Å². The smallest absolute Gasteiger partial charge is 0.143 e. The summed E-state index contributed by atoms with van der Waals surface area (Å²) in [4.78, 5) is 5.18. The number of nitrogens with zero attached hydrogens (tertiary/aromatic N) is 2. The summed E-state index contributed by atoms with van der Waals surface area (Å²) in [7, 11) is 0. The first-order valence-electron chi connectivity index (χ1n) is 5.69. The van der Waals surface area contributed by atoms with E-state index >= 15 is 0 Å². The zero-order valence-electron chi connectivity index (χ0n) is 10.1. The van der Waals surface area contributed by atoms with Crippen LogP contribution in [0.5, 0.6) is 0 Å². The largest absolute Gasteiger partial charge is 0.391 e. The van der Waals surface area contributed by atoms with Crippen LogP contribution in [0, 0.1) is 11.3 Å². The molecule has 3 nitrogen and oxygen atoms in total. The number of rotatable bonds is 4. The quantitative estimate of drug-likeness (QED) is 0.627. The zero-order chi connectivity index (χ0) is 13.5. The lowest BCUT2D eigenvalue weighted by molar-refractivity contribution is 0.132. The van der Waals surface area contributed by atoms with Gasteiger partial charge in [-0.25, -0.2) is 0 Å². The molecule has 0 atom stereocenters. The number of hydrogen-bond acceptors (Lipinski definition) is 3. The fraction of sp³-hybridized carbons (Fsp3) is 0.0667. The Balaban J connectivity index is 1.98. The van der Waals surface area contributed by atoms with E-state index in [2.05, 4.69) is 11.2 Å². The van der Waals surface area contributed by atoms with Crippen LogP contribution >= 0.6 is 11.6 Å². The maximum atomic E-state index is 8.93. The standard InChI is InChI=1S/C15H11ClN2O/c16-15-8-4-3-6-13(15)10-18-19-11-14-7-2-1-5-12(14)9-17/h1-8,10H,11H2/b18-10-. The molecule has 2 aromatic carbocycles. The SMILES string of the molecule is N#Cc1ccccc1CO/N=C\c1ccccc1Cl. The van der Waals surface area contributed by atoms with Gasteiger partial charge in [-0.05, 0) is 12.1 Å². The van der Waals surface area contributed by atoms with Gasteiger partial charge in [0.05, 0.1) is 17.8 Å². The summed E-state index contributed by atoms with van der Waals surface area (Å²) >= 11 is 5.98. The molecule has 0 saturated carbocycles. The van der Waals surface area contributed by atoms with E-state index < -0.39 is 0 Å². The van der Waals surface area contributed by atoms with Crippen LogP contribution in [0.15, 0.2) is 53.7 Å². The normalized spacial score (nSPS) is 10.3. The summed E-state index contributed by atoms with van der Waals surface area (Å²) in [6.07, 6.45) is 1.55. The molecule has 0 heterocycles. The molecule has 4 heteroatoms. The van der Waals surface area contributed by atoms with Gasteiger partial charge in [0.2, 0.25) is 0 Å². The molecule has 0 aliphatic rings. The highest BCUT2D eigenvalue weighted by Gasteiger charge is 2.00. The van der Waals surface area contributed by atoms with Gasteiger partial charge in [-0.15, -0.1) is 0 Å². The van der Waals surface area contributed by atoms with Gasteiger partial charge in [0.1, 0.15) is 6.61 Å². The highest BCUT2D eigenvalue weighted by atomic mass is 35.5. The highest BCUT2D eigenvalue weighted by Crippen LogP contribution is 2.13. The van der Waals surface area contributed by atoms with Crippen molar-refractivity contribution in [2.75, 3.05) is 0 Å². The molecule has 2 rings (SSSR count). The second-order valence-electron chi connectivity index (χ2n) is 3.80. The van der Waals surface area contributed by atoms with Gasteiger partial charge in [0.15, 0.2) is 0 Å². The summed E-state index contributed by atoms with van der Waals surface area (Å²) in [5.74, 6) is 0. The van der Waals surface area contributed by atoms with Crippen molar-refractivity contribution >= 4 is 17.8 Å². The van der Waals surface area contributed by atoms with Crippen LogP contribution in [0.25, 0.3) is 0 Å². The Labute approximate surface area is 116 Å².